The van der Waals surface area contributed by atoms with Gasteiger partial charge in [-0.25, -0.2) is 0 Å². The summed E-state index contributed by atoms with van der Waals surface area (Å²) in [6.45, 7) is 1.98. The maximum absolute atomic E-state index is 8.84. The van der Waals surface area contributed by atoms with E-state index >= 15 is 0 Å². The number of hydrogen-bond acceptors (Lipinski definition) is 4. The second-order valence-electron chi connectivity index (χ2n) is 3.62. The van der Waals surface area contributed by atoms with Crippen molar-refractivity contribution in [3.8, 4) is 11.6 Å². The zero-order chi connectivity index (χ0) is 12.1. The van der Waals surface area contributed by atoms with Crippen LogP contribution >= 0.6 is 0 Å². The van der Waals surface area contributed by atoms with Gasteiger partial charge in [-0.2, -0.15) is 0 Å². The molecule has 4 heteroatoms. The summed E-state index contributed by atoms with van der Waals surface area (Å²) >= 11 is 0. The normalized spacial score (nSPS) is 10.2. The van der Waals surface area contributed by atoms with Crippen molar-refractivity contribution in [2.45, 2.75) is 20.0 Å². The predicted molar refractivity (Wildman–Crippen MR) is 63.8 cm³/mol. The third-order valence-corrected chi connectivity index (χ3v) is 2.39. The van der Waals surface area contributed by atoms with E-state index in [4.69, 9.17) is 9.84 Å². The molecule has 1 aromatic carbocycles. The van der Waals surface area contributed by atoms with Gasteiger partial charge in [-0.05, 0) is 30.2 Å². The highest BCUT2D eigenvalue weighted by Crippen LogP contribution is 2.20. The number of ether oxygens (including phenoxy) is 1. The van der Waals surface area contributed by atoms with E-state index < -0.39 is 0 Å². The van der Waals surface area contributed by atoms with Gasteiger partial charge in [0, 0.05) is 6.07 Å². The summed E-state index contributed by atoms with van der Waals surface area (Å²) < 4.78 is 5.57. The molecule has 0 atom stereocenters. The van der Waals surface area contributed by atoms with Crippen LogP contribution in [0.3, 0.4) is 0 Å². The number of aliphatic hydroxyl groups is 1. The summed E-state index contributed by atoms with van der Waals surface area (Å²) in [6, 6.07) is 11.2. The van der Waals surface area contributed by atoms with Crippen LogP contribution in [0.25, 0.3) is 0 Å². The predicted octanol–water partition coefficient (Wildman–Crippen LogP) is 2.32. The van der Waals surface area contributed by atoms with E-state index in [0.717, 1.165) is 12.2 Å². The second-order valence-corrected chi connectivity index (χ2v) is 3.62. The molecule has 1 N–H and O–H groups in total. The summed E-state index contributed by atoms with van der Waals surface area (Å²) in [5, 5.41) is 16.5. The molecule has 17 heavy (non-hydrogen) atoms. The fourth-order valence-corrected chi connectivity index (χ4v) is 1.44. The molecule has 0 aliphatic heterocycles. The van der Waals surface area contributed by atoms with Crippen molar-refractivity contribution in [3.63, 3.8) is 0 Å². The number of aryl methyl sites for hydroxylation is 1. The maximum Gasteiger partial charge on any atom is 0.238 e. The average molecular weight is 230 g/mol. The minimum atomic E-state index is -0.113. The van der Waals surface area contributed by atoms with Gasteiger partial charge in [0.2, 0.25) is 5.88 Å². The molecule has 1 aromatic heterocycles. The zero-order valence-electron chi connectivity index (χ0n) is 9.63. The van der Waals surface area contributed by atoms with Gasteiger partial charge in [-0.3, -0.25) is 0 Å². The highest BCUT2D eigenvalue weighted by molar-refractivity contribution is 5.31. The van der Waals surface area contributed by atoms with Crippen LogP contribution in [0.1, 0.15) is 18.2 Å². The van der Waals surface area contributed by atoms with Crippen LogP contribution in [-0.2, 0) is 13.0 Å². The molecule has 0 fully saturated rings. The minimum absolute atomic E-state index is 0.113. The maximum atomic E-state index is 8.84. The lowest BCUT2D eigenvalue weighted by Gasteiger charge is -2.05. The van der Waals surface area contributed by atoms with E-state index in [9.17, 15) is 0 Å². The molecule has 0 radical (unpaired) electrons. The largest absolute Gasteiger partial charge is 0.438 e. The molecular weight excluding hydrogens is 216 g/mol. The Bertz CT molecular complexity index is 483. The van der Waals surface area contributed by atoms with E-state index in [1.807, 2.05) is 24.3 Å². The first-order valence-electron chi connectivity index (χ1n) is 5.52. The Morgan fingerprint density at radius 3 is 2.71 bits per heavy atom. The third-order valence-electron chi connectivity index (χ3n) is 2.39. The van der Waals surface area contributed by atoms with Crippen LogP contribution in [0, 0.1) is 0 Å². The molecule has 0 bridgehead atoms. The first-order valence-corrected chi connectivity index (χ1v) is 5.52. The Balaban J connectivity index is 2.13. The molecule has 88 valence electrons. The van der Waals surface area contributed by atoms with Crippen molar-refractivity contribution >= 4 is 0 Å². The van der Waals surface area contributed by atoms with Gasteiger partial charge in [-0.15, -0.1) is 10.2 Å². The lowest BCUT2D eigenvalue weighted by molar-refractivity contribution is 0.274. The van der Waals surface area contributed by atoms with Crippen LogP contribution in [0.4, 0.5) is 0 Å². The SMILES string of the molecule is CCc1cccc(Oc2ccc(CO)nn2)c1. The second kappa shape index (κ2) is 5.41. The Labute approximate surface area is 99.9 Å². The molecule has 0 amide bonds. The van der Waals surface area contributed by atoms with E-state index in [2.05, 4.69) is 17.1 Å². The Morgan fingerprint density at radius 2 is 2.06 bits per heavy atom. The van der Waals surface area contributed by atoms with Crippen LogP contribution < -0.4 is 4.74 Å². The summed E-state index contributed by atoms with van der Waals surface area (Å²) in [7, 11) is 0. The van der Waals surface area contributed by atoms with E-state index in [1.54, 1.807) is 12.1 Å². The van der Waals surface area contributed by atoms with Gasteiger partial charge in [0.1, 0.15) is 5.75 Å². The Kier molecular flexibility index (Phi) is 3.67. The molecule has 0 spiro atoms. The summed E-state index contributed by atoms with van der Waals surface area (Å²) in [5.41, 5.74) is 1.74. The molecule has 0 saturated heterocycles. The van der Waals surface area contributed by atoms with E-state index in [0.29, 0.717) is 11.6 Å². The van der Waals surface area contributed by atoms with Crippen molar-refractivity contribution < 1.29 is 9.84 Å². The molecule has 0 aliphatic rings. The standard InChI is InChI=1S/C13H14N2O2/c1-2-10-4-3-5-12(8-10)17-13-7-6-11(9-16)14-15-13/h3-8,16H,2,9H2,1H3. The molecule has 0 aliphatic carbocycles. The number of hydrogen-bond donors (Lipinski definition) is 1. The first-order chi connectivity index (χ1) is 8.31. The summed E-state index contributed by atoms with van der Waals surface area (Å²) in [5.74, 6) is 1.17. The highest BCUT2D eigenvalue weighted by Gasteiger charge is 2.00. The van der Waals surface area contributed by atoms with Crippen LogP contribution in [0.15, 0.2) is 36.4 Å². The number of rotatable bonds is 4. The number of aromatic nitrogens is 2. The van der Waals surface area contributed by atoms with Gasteiger partial charge >= 0.3 is 0 Å². The van der Waals surface area contributed by atoms with Crippen molar-refractivity contribution in [2.75, 3.05) is 0 Å². The minimum Gasteiger partial charge on any atom is -0.438 e. The smallest absolute Gasteiger partial charge is 0.238 e. The molecule has 4 nitrogen and oxygen atoms in total. The number of nitrogens with zero attached hydrogens (tertiary/aromatic N) is 2. The lowest BCUT2D eigenvalue weighted by atomic mass is 10.2. The molecule has 0 unspecified atom stereocenters. The van der Waals surface area contributed by atoms with Crippen molar-refractivity contribution in [1.29, 1.82) is 0 Å². The molecular formula is C13H14N2O2. The first kappa shape index (κ1) is 11.5. The van der Waals surface area contributed by atoms with Crippen molar-refractivity contribution in [3.05, 3.63) is 47.7 Å². The van der Waals surface area contributed by atoms with Gasteiger partial charge in [-0.1, -0.05) is 19.1 Å². The molecule has 1 heterocycles. The number of benzene rings is 1. The van der Waals surface area contributed by atoms with E-state index in [1.165, 1.54) is 5.56 Å². The fraction of sp³-hybridized carbons (Fsp3) is 0.231. The van der Waals surface area contributed by atoms with Crippen molar-refractivity contribution in [1.82, 2.24) is 10.2 Å². The van der Waals surface area contributed by atoms with Gasteiger partial charge in [0.25, 0.3) is 0 Å². The van der Waals surface area contributed by atoms with Crippen LogP contribution in [0.2, 0.25) is 0 Å². The Morgan fingerprint density at radius 1 is 1.18 bits per heavy atom. The quantitative estimate of drug-likeness (QED) is 0.875. The average Bonchev–Trinajstić information content (AvgIpc) is 2.40. The summed E-state index contributed by atoms with van der Waals surface area (Å²) in [4.78, 5) is 0. The molecule has 2 rings (SSSR count). The molecule has 2 aromatic rings. The number of aliphatic hydroxyl groups excluding tert-OH is 1. The van der Waals surface area contributed by atoms with Gasteiger partial charge < -0.3 is 9.84 Å². The highest BCUT2D eigenvalue weighted by atomic mass is 16.5. The van der Waals surface area contributed by atoms with Crippen molar-refractivity contribution in [2.24, 2.45) is 0 Å². The van der Waals surface area contributed by atoms with E-state index in [-0.39, 0.29) is 6.61 Å². The molecule has 0 saturated carbocycles. The van der Waals surface area contributed by atoms with Crippen LogP contribution in [-0.4, -0.2) is 15.3 Å². The summed E-state index contributed by atoms with van der Waals surface area (Å²) in [6.07, 6.45) is 0.965. The topological polar surface area (TPSA) is 55.2 Å². The fourth-order valence-electron chi connectivity index (χ4n) is 1.44. The lowest BCUT2D eigenvalue weighted by Crippen LogP contribution is -1.95. The monoisotopic (exact) mass is 230 g/mol. The Hall–Kier alpha value is -1.94. The van der Waals surface area contributed by atoms with Crippen LogP contribution in [0.5, 0.6) is 11.6 Å². The van der Waals surface area contributed by atoms with Gasteiger partial charge in [0.15, 0.2) is 0 Å². The third kappa shape index (κ3) is 3.01. The van der Waals surface area contributed by atoms with Gasteiger partial charge in [0.05, 0.1) is 12.3 Å². The zero-order valence-corrected chi connectivity index (χ0v) is 9.63.